The number of imide groups is 1. The molecule has 2 N–H and O–H groups in total. The lowest BCUT2D eigenvalue weighted by atomic mass is 9.99. The van der Waals surface area contributed by atoms with E-state index in [0.29, 0.717) is 34.5 Å². The summed E-state index contributed by atoms with van der Waals surface area (Å²) >= 11 is 0. The first kappa shape index (κ1) is 25.7. The second-order valence-corrected chi connectivity index (χ2v) is 7.97. The van der Waals surface area contributed by atoms with E-state index in [9.17, 15) is 41.8 Å². The SMILES string of the molecule is O=CNc1ccc2c(c1)CCC2C(=O)N(CC(=O)N(Cc1ccc(F)cc1)CC(F)(F)F)C(=O)O. The van der Waals surface area contributed by atoms with Gasteiger partial charge in [-0.3, -0.25) is 14.4 Å². The maximum absolute atomic E-state index is 13.1. The summed E-state index contributed by atoms with van der Waals surface area (Å²) in [6.45, 7) is -3.34. The molecule has 0 aliphatic heterocycles. The molecule has 4 amide bonds. The summed E-state index contributed by atoms with van der Waals surface area (Å²) in [6.07, 6.45) is -5.43. The maximum atomic E-state index is 13.1. The normalized spacial score (nSPS) is 14.7. The molecule has 1 unspecified atom stereocenters. The fraction of sp³-hybridized carbons (Fsp3) is 0.304. The summed E-state index contributed by atoms with van der Waals surface area (Å²) in [5, 5.41) is 12.0. The van der Waals surface area contributed by atoms with E-state index in [1.165, 1.54) is 18.2 Å². The van der Waals surface area contributed by atoms with Crippen LogP contribution in [0.1, 0.15) is 29.0 Å². The van der Waals surface area contributed by atoms with Crippen molar-refractivity contribution in [1.82, 2.24) is 9.80 Å². The highest BCUT2D eigenvalue weighted by Crippen LogP contribution is 2.36. The molecule has 0 saturated heterocycles. The summed E-state index contributed by atoms with van der Waals surface area (Å²) < 4.78 is 52.5. The molecule has 1 atom stereocenters. The molecule has 12 heteroatoms. The van der Waals surface area contributed by atoms with Crippen molar-refractivity contribution in [2.75, 3.05) is 18.4 Å². The minimum absolute atomic E-state index is 0.196. The molecule has 0 saturated carbocycles. The van der Waals surface area contributed by atoms with Gasteiger partial charge < -0.3 is 15.3 Å². The number of nitrogens with one attached hydrogen (secondary N) is 1. The Labute approximate surface area is 197 Å². The van der Waals surface area contributed by atoms with Gasteiger partial charge in [0.25, 0.3) is 0 Å². The Kier molecular flexibility index (Phi) is 7.72. The standard InChI is InChI=1S/C23H21F4N3O5/c24-16-4-1-14(2-5-16)10-29(12-23(25,26)27)20(32)11-30(22(34)35)21(33)19-7-3-15-9-17(28-13-31)6-8-18(15)19/h1-2,4-6,8-9,13,19H,3,7,10-12H2,(H,28,31)(H,34,35). The van der Waals surface area contributed by atoms with Crippen LogP contribution in [0.3, 0.4) is 0 Å². The van der Waals surface area contributed by atoms with Crippen molar-refractivity contribution >= 4 is 30.0 Å². The van der Waals surface area contributed by atoms with E-state index in [2.05, 4.69) is 5.32 Å². The van der Waals surface area contributed by atoms with Crippen molar-refractivity contribution in [1.29, 1.82) is 0 Å². The van der Waals surface area contributed by atoms with Crippen LogP contribution in [0.15, 0.2) is 42.5 Å². The Morgan fingerprint density at radius 3 is 2.40 bits per heavy atom. The van der Waals surface area contributed by atoms with Crippen LogP contribution in [-0.4, -0.2) is 58.5 Å². The minimum Gasteiger partial charge on any atom is -0.465 e. The van der Waals surface area contributed by atoms with E-state index >= 15 is 0 Å². The molecular weight excluding hydrogens is 474 g/mol. The van der Waals surface area contributed by atoms with Crippen molar-refractivity contribution in [2.45, 2.75) is 31.5 Å². The van der Waals surface area contributed by atoms with Gasteiger partial charge in [-0.05, 0) is 53.8 Å². The molecule has 0 spiro atoms. The zero-order valence-electron chi connectivity index (χ0n) is 18.2. The van der Waals surface area contributed by atoms with E-state index in [0.717, 1.165) is 12.1 Å². The number of carbonyl (C=O) groups excluding carboxylic acids is 3. The van der Waals surface area contributed by atoms with Crippen LogP contribution in [0.25, 0.3) is 0 Å². The zero-order valence-corrected chi connectivity index (χ0v) is 18.2. The molecule has 2 aromatic carbocycles. The Hall–Kier alpha value is -3.96. The van der Waals surface area contributed by atoms with Crippen molar-refractivity contribution < 1.29 is 41.8 Å². The number of hydrogen-bond donors (Lipinski definition) is 2. The Morgan fingerprint density at radius 1 is 1.11 bits per heavy atom. The van der Waals surface area contributed by atoms with Gasteiger partial charge in [-0.25, -0.2) is 14.1 Å². The number of alkyl halides is 3. The molecule has 0 radical (unpaired) electrons. The smallest absolute Gasteiger partial charge is 0.414 e. The molecule has 2 aromatic rings. The quantitative estimate of drug-likeness (QED) is 0.431. The number of benzene rings is 2. The number of fused-ring (bicyclic) bond motifs is 1. The van der Waals surface area contributed by atoms with Crippen LogP contribution in [0.2, 0.25) is 0 Å². The van der Waals surface area contributed by atoms with Gasteiger partial charge in [0.05, 0.1) is 5.92 Å². The van der Waals surface area contributed by atoms with Crippen LogP contribution in [0, 0.1) is 5.82 Å². The number of nitrogens with zero attached hydrogens (tertiary/aromatic N) is 2. The highest BCUT2D eigenvalue weighted by molar-refractivity contribution is 5.99. The third-order valence-corrected chi connectivity index (χ3v) is 5.54. The molecular formula is C23H21F4N3O5. The number of hydrogen-bond acceptors (Lipinski definition) is 4. The molecule has 1 aliphatic rings. The predicted octanol–water partition coefficient (Wildman–Crippen LogP) is 3.52. The fourth-order valence-corrected chi connectivity index (χ4v) is 3.95. The van der Waals surface area contributed by atoms with Crippen LogP contribution >= 0.6 is 0 Å². The third kappa shape index (κ3) is 6.55. The lowest BCUT2D eigenvalue weighted by molar-refractivity contribution is -0.163. The molecule has 0 aromatic heterocycles. The Bertz CT molecular complexity index is 1120. The second-order valence-electron chi connectivity index (χ2n) is 7.97. The van der Waals surface area contributed by atoms with E-state index in [-0.39, 0.29) is 16.9 Å². The van der Waals surface area contributed by atoms with E-state index in [1.54, 1.807) is 12.1 Å². The van der Waals surface area contributed by atoms with Crippen LogP contribution in [0.5, 0.6) is 0 Å². The number of carbonyl (C=O) groups is 4. The summed E-state index contributed by atoms with van der Waals surface area (Å²) in [6, 6.07) is 9.18. The fourth-order valence-electron chi connectivity index (χ4n) is 3.95. The third-order valence-electron chi connectivity index (χ3n) is 5.54. The van der Waals surface area contributed by atoms with E-state index < -0.39 is 55.5 Å². The molecule has 35 heavy (non-hydrogen) atoms. The number of halogens is 4. The Balaban J connectivity index is 1.79. The predicted molar refractivity (Wildman–Crippen MR) is 115 cm³/mol. The largest absolute Gasteiger partial charge is 0.465 e. The van der Waals surface area contributed by atoms with Gasteiger partial charge >= 0.3 is 12.3 Å². The average Bonchev–Trinajstić information content (AvgIpc) is 3.20. The first-order chi connectivity index (χ1) is 16.5. The lowest BCUT2D eigenvalue weighted by Gasteiger charge is -2.27. The molecule has 8 nitrogen and oxygen atoms in total. The summed E-state index contributed by atoms with van der Waals surface area (Å²) in [4.78, 5) is 48.8. The zero-order chi connectivity index (χ0) is 25.8. The molecule has 1 aliphatic carbocycles. The maximum Gasteiger partial charge on any atom is 0.414 e. The highest BCUT2D eigenvalue weighted by Gasteiger charge is 2.38. The van der Waals surface area contributed by atoms with Crippen molar-refractivity contribution in [2.24, 2.45) is 0 Å². The molecule has 0 bridgehead atoms. The number of amides is 4. The minimum atomic E-state index is -4.79. The van der Waals surface area contributed by atoms with Gasteiger partial charge in [-0.15, -0.1) is 0 Å². The van der Waals surface area contributed by atoms with Gasteiger partial charge in [0.2, 0.25) is 18.2 Å². The van der Waals surface area contributed by atoms with Gasteiger partial charge in [0.1, 0.15) is 18.9 Å². The number of anilines is 1. The van der Waals surface area contributed by atoms with Crippen LogP contribution < -0.4 is 5.32 Å². The highest BCUT2D eigenvalue weighted by atomic mass is 19.4. The molecule has 3 rings (SSSR count). The molecule has 0 heterocycles. The topological polar surface area (TPSA) is 107 Å². The van der Waals surface area contributed by atoms with Crippen molar-refractivity contribution in [3.8, 4) is 0 Å². The lowest BCUT2D eigenvalue weighted by Crippen LogP contribution is -2.48. The monoisotopic (exact) mass is 495 g/mol. The van der Waals surface area contributed by atoms with Crippen LogP contribution in [-0.2, 0) is 27.3 Å². The second kappa shape index (κ2) is 10.5. The first-order valence-corrected chi connectivity index (χ1v) is 10.4. The number of carboxylic acid groups (broad SMARTS) is 1. The van der Waals surface area contributed by atoms with Crippen molar-refractivity contribution in [3.05, 3.63) is 65.0 Å². The Morgan fingerprint density at radius 2 is 1.80 bits per heavy atom. The van der Waals surface area contributed by atoms with E-state index in [4.69, 9.17) is 0 Å². The summed E-state index contributed by atoms with van der Waals surface area (Å²) in [7, 11) is 0. The van der Waals surface area contributed by atoms with Gasteiger partial charge in [-0.1, -0.05) is 18.2 Å². The number of aryl methyl sites for hydroxylation is 1. The summed E-state index contributed by atoms with van der Waals surface area (Å²) in [5.74, 6) is -3.69. The van der Waals surface area contributed by atoms with Crippen LogP contribution in [0.4, 0.5) is 28.0 Å². The van der Waals surface area contributed by atoms with Gasteiger partial charge in [-0.2, -0.15) is 13.2 Å². The summed E-state index contributed by atoms with van der Waals surface area (Å²) in [5.41, 5.74) is 1.91. The first-order valence-electron chi connectivity index (χ1n) is 10.4. The average molecular weight is 495 g/mol. The van der Waals surface area contributed by atoms with Gasteiger partial charge in [0, 0.05) is 12.2 Å². The number of rotatable bonds is 8. The molecule has 0 fully saturated rings. The van der Waals surface area contributed by atoms with Crippen molar-refractivity contribution in [3.63, 3.8) is 0 Å². The van der Waals surface area contributed by atoms with E-state index in [1.807, 2.05) is 0 Å². The van der Waals surface area contributed by atoms with Gasteiger partial charge in [0.15, 0.2) is 0 Å². The molecule has 186 valence electrons.